The smallest absolute Gasteiger partial charge is 0.178 e. The molecule has 0 fully saturated rings. The van der Waals surface area contributed by atoms with Crippen LogP contribution in [0.2, 0.25) is 0 Å². The molecule has 26 heavy (non-hydrogen) atoms. The fourth-order valence-corrected chi connectivity index (χ4v) is 2.87. The molecule has 0 heterocycles. The highest BCUT2D eigenvalue weighted by molar-refractivity contribution is 5.31. The Kier molecular flexibility index (Phi) is 7.21. The molecule has 0 saturated heterocycles. The third kappa shape index (κ3) is 6.79. The predicted molar refractivity (Wildman–Crippen MR) is 103 cm³/mol. The van der Waals surface area contributed by atoms with Crippen molar-refractivity contribution in [2.75, 3.05) is 0 Å². The van der Waals surface area contributed by atoms with Crippen LogP contribution in [0.25, 0.3) is 0 Å². The lowest BCUT2D eigenvalue weighted by molar-refractivity contribution is -0.0425. The lowest BCUT2D eigenvalue weighted by Gasteiger charge is -2.19. The Balaban J connectivity index is 1.89. The van der Waals surface area contributed by atoms with Crippen molar-refractivity contribution in [1.82, 2.24) is 0 Å². The minimum Gasteiger partial charge on any atom is -0.489 e. The molecule has 0 bridgehead atoms. The Morgan fingerprint density at radius 3 is 2.31 bits per heavy atom. The van der Waals surface area contributed by atoms with Crippen molar-refractivity contribution in [3.8, 4) is 5.75 Å². The monoisotopic (exact) mass is 358 g/mol. The van der Waals surface area contributed by atoms with Gasteiger partial charge in [0, 0.05) is 5.56 Å². The highest BCUT2D eigenvalue weighted by Gasteiger charge is 2.14. The molecule has 0 aliphatic carbocycles. The number of aliphatic hydroxyl groups is 3. The van der Waals surface area contributed by atoms with Crippen molar-refractivity contribution in [3.63, 3.8) is 0 Å². The lowest BCUT2D eigenvalue weighted by atomic mass is 9.92. The first kappa shape index (κ1) is 20.4. The number of benzene rings is 2. The van der Waals surface area contributed by atoms with E-state index in [2.05, 4.69) is 19.1 Å². The van der Waals surface area contributed by atoms with E-state index in [0.717, 1.165) is 30.6 Å². The topological polar surface area (TPSA) is 69.9 Å². The van der Waals surface area contributed by atoms with Crippen LogP contribution in [0.5, 0.6) is 5.75 Å². The second kappa shape index (κ2) is 9.17. The molecule has 142 valence electrons. The van der Waals surface area contributed by atoms with Gasteiger partial charge in [-0.1, -0.05) is 49.7 Å². The third-order valence-electron chi connectivity index (χ3n) is 4.54. The molecule has 2 aromatic rings. The van der Waals surface area contributed by atoms with Crippen LogP contribution in [0.3, 0.4) is 0 Å². The van der Waals surface area contributed by atoms with Crippen molar-refractivity contribution in [1.29, 1.82) is 0 Å². The molecule has 3 N–H and O–H groups in total. The van der Waals surface area contributed by atoms with E-state index in [1.54, 1.807) is 12.1 Å². The minimum atomic E-state index is -1.44. The van der Waals surface area contributed by atoms with Crippen LogP contribution < -0.4 is 4.74 Å². The van der Waals surface area contributed by atoms with Crippen LogP contribution >= 0.6 is 0 Å². The van der Waals surface area contributed by atoms with Gasteiger partial charge in [0.15, 0.2) is 6.29 Å². The van der Waals surface area contributed by atoms with Gasteiger partial charge in [-0.25, -0.2) is 0 Å². The maximum absolute atomic E-state index is 9.82. The van der Waals surface area contributed by atoms with Crippen LogP contribution in [-0.2, 0) is 6.61 Å². The molecule has 0 saturated carbocycles. The van der Waals surface area contributed by atoms with E-state index in [9.17, 15) is 5.11 Å². The molecule has 0 aliphatic heterocycles. The van der Waals surface area contributed by atoms with Gasteiger partial charge in [-0.05, 0) is 55.9 Å². The molecule has 1 atom stereocenters. The first-order valence-corrected chi connectivity index (χ1v) is 9.15. The minimum absolute atomic E-state index is 0.409. The molecule has 4 nitrogen and oxygen atoms in total. The zero-order chi connectivity index (χ0) is 19.2. The first-order valence-electron chi connectivity index (χ1n) is 9.15. The van der Waals surface area contributed by atoms with Crippen LogP contribution in [0.1, 0.15) is 68.9 Å². The van der Waals surface area contributed by atoms with Gasteiger partial charge in [-0.15, -0.1) is 0 Å². The normalized spacial score (nSPS) is 13.0. The van der Waals surface area contributed by atoms with Gasteiger partial charge in [0.25, 0.3) is 0 Å². The summed E-state index contributed by atoms with van der Waals surface area (Å²) in [4.78, 5) is 0. The van der Waals surface area contributed by atoms with E-state index in [1.165, 1.54) is 5.56 Å². The maximum atomic E-state index is 9.82. The molecule has 1 unspecified atom stereocenters. The average Bonchev–Trinajstić information content (AvgIpc) is 2.59. The van der Waals surface area contributed by atoms with E-state index in [-0.39, 0.29) is 0 Å². The quantitative estimate of drug-likeness (QED) is 0.585. The van der Waals surface area contributed by atoms with Gasteiger partial charge in [0.05, 0.1) is 5.60 Å². The van der Waals surface area contributed by atoms with Crippen molar-refractivity contribution < 1.29 is 20.1 Å². The summed E-state index contributed by atoms with van der Waals surface area (Å²) in [6.45, 7) is 6.32. The van der Waals surface area contributed by atoms with Crippen LogP contribution in [-0.4, -0.2) is 20.9 Å². The fraction of sp³-hybridized carbons (Fsp3) is 0.455. The Hall–Kier alpha value is -1.88. The van der Waals surface area contributed by atoms with Gasteiger partial charge in [-0.2, -0.15) is 0 Å². The third-order valence-corrected chi connectivity index (χ3v) is 4.54. The van der Waals surface area contributed by atoms with Gasteiger partial charge >= 0.3 is 0 Å². The summed E-state index contributed by atoms with van der Waals surface area (Å²) in [7, 11) is 0. The summed E-state index contributed by atoms with van der Waals surface area (Å²) in [5.41, 5.74) is 2.07. The largest absolute Gasteiger partial charge is 0.489 e. The average molecular weight is 358 g/mol. The molecule has 2 rings (SSSR count). The molecule has 0 aliphatic rings. The molecular formula is C22H30O4. The fourth-order valence-electron chi connectivity index (χ4n) is 2.87. The highest BCUT2D eigenvalue weighted by atomic mass is 16.5. The summed E-state index contributed by atoms with van der Waals surface area (Å²) in [6.07, 6.45) is 1.36. The Bertz CT molecular complexity index is 671. The van der Waals surface area contributed by atoms with Gasteiger partial charge < -0.3 is 20.1 Å². The highest BCUT2D eigenvalue weighted by Crippen LogP contribution is 2.26. The zero-order valence-corrected chi connectivity index (χ0v) is 15.9. The molecule has 0 amide bonds. The summed E-state index contributed by atoms with van der Waals surface area (Å²) >= 11 is 0. The van der Waals surface area contributed by atoms with E-state index < -0.39 is 11.9 Å². The number of hydrogen-bond acceptors (Lipinski definition) is 4. The Morgan fingerprint density at radius 1 is 1.00 bits per heavy atom. The lowest BCUT2D eigenvalue weighted by Crippen LogP contribution is -2.18. The Morgan fingerprint density at radius 2 is 1.69 bits per heavy atom. The van der Waals surface area contributed by atoms with Crippen molar-refractivity contribution >= 4 is 0 Å². The molecular weight excluding hydrogens is 328 g/mol. The zero-order valence-electron chi connectivity index (χ0n) is 15.9. The summed E-state index contributed by atoms with van der Waals surface area (Å²) in [6, 6.07) is 15.2. The summed E-state index contributed by atoms with van der Waals surface area (Å²) in [5.74, 6) is 1.23. The van der Waals surface area contributed by atoms with Crippen molar-refractivity contribution in [2.24, 2.45) is 0 Å². The second-order valence-corrected chi connectivity index (χ2v) is 7.58. The first-order chi connectivity index (χ1) is 12.2. The van der Waals surface area contributed by atoms with Gasteiger partial charge in [-0.3, -0.25) is 0 Å². The van der Waals surface area contributed by atoms with Crippen LogP contribution in [0, 0.1) is 0 Å². The van der Waals surface area contributed by atoms with Crippen molar-refractivity contribution in [2.45, 2.75) is 64.4 Å². The molecule has 0 spiro atoms. The molecule has 0 aromatic heterocycles. The molecule has 0 radical (unpaired) electrons. The summed E-state index contributed by atoms with van der Waals surface area (Å²) < 4.78 is 5.88. The number of aliphatic hydroxyl groups excluding tert-OH is 1. The van der Waals surface area contributed by atoms with E-state index in [4.69, 9.17) is 14.9 Å². The van der Waals surface area contributed by atoms with Crippen molar-refractivity contribution in [3.05, 3.63) is 65.2 Å². The summed E-state index contributed by atoms with van der Waals surface area (Å²) in [5, 5.41) is 28.1. The SMILES string of the molecule is CC(CCCC(C)(C)O)c1cccc(OCc2ccc(C(O)O)cc2)c1. The van der Waals surface area contributed by atoms with E-state index >= 15 is 0 Å². The van der Waals surface area contributed by atoms with Crippen LogP contribution in [0.15, 0.2) is 48.5 Å². The second-order valence-electron chi connectivity index (χ2n) is 7.58. The number of rotatable bonds is 9. The molecule has 2 aromatic carbocycles. The van der Waals surface area contributed by atoms with Crippen LogP contribution in [0.4, 0.5) is 0 Å². The van der Waals surface area contributed by atoms with Gasteiger partial charge in [0.1, 0.15) is 12.4 Å². The van der Waals surface area contributed by atoms with E-state index in [0.29, 0.717) is 18.1 Å². The number of ether oxygens (including phenoxy) is 1. The van der Waals surface area contributed by atoms with E-state index in [1.807, 2.05) is 38.1 Å². The molecule has 4 heteroatoms. The number of hydrogen-bond donors (Lipinski definition) is 3. The maximum Gasteiger partial charge on any atom is 0.178 e. The van der Waals surface area contributed by atoms with Gasteiger partial charge in [0.2, 0.25) is 0 Å². The standard InChI is InChI=1S/C22H30O4/c1-16(6-5-13-22(2,3)25)19-7-4-8-20(14-19)26-15-17-9-11-18(12-10-17)21(23)24/h4,7-12,14,16,21,23-25H,5-6,13,15H2,1-3H3. The predicted octanol–water partition coefficient (Wildman–Crippen LogP) is 4.29. The Labute approximate surface area is 156 Å².